The van der Waals surface area contributed by atoms with Gasteiger partial charge < -0.3 is 28.4 Å². The van der Waals surface area contributed by atoms with E-state index in [1.165, 1.54) is 0 Å². The van der Waals surface area contributed by atoms with Gasteiger partial charge >= 0.3 is 17.9 Å². The monoisotopic (exact) mass is 492 g/mol. The fourth-order valence-corrected chi connectivity index (χ4v) is 6.07. The molecule has 0 bridgehead atoms. The molecule has 6 aliphatic rings. The first-order valence-corrected chi connectivity index (χ1v) is 13.3. The van der Waals surface area contributed by atoms with Gasteiger partial charge in [-0.05, 0) is 64.7 Å². The third kappa shape index (κ3) is 5.52. The minimum atomic E-state index is -0.825. The van der Waals surface area contributed by atoms with Gasteiger partial charge in [0.1, 0.15) is 19.8 Å². The Labute approximate surface area is 205 Å². The fraction of sp³-hybridized carbons (Fsp3) is 0.885. The molecule has 9 heteroatoms. The number of epoxide rings is 3. The molecule has 6 fully saturated rings. The van der Waals surface area contributed by atoms with Crippen molar-refractivity contribution in [3.63, 3.8) is 0 Å². The minimum absolute atomic E-state index is 0.0226. The maximum atomic E-state index is 12.7. The standard InChI is InChI=1S/C26H36O9/c1-26(11-30-23(27)14-2-5-17-20(8-14)33-17,12-31-24(28)15-3-6-18-21(9-15)34-18)13-32-25(29)16-4-7-19-22(10-16)35-19/h14-22H,2-13H2,1H3. The van der Waals surface area contributed by atoms with Gasteiger partial charge in [-0.25, -0.2) is 0 Å². The summed E-state index contributed by atoms with van der Waals surface area (Å²) in [5.41, 5.74) is -0.825. The van der Waals surface area contributed by atoms with E-state index < -0.39 is 5.41 Å². The second-order valence-corrected chi connectivity index (χ2v) is 11.8. The van der Waals surface area contributed by atoms with Crippen LogP contribution in [0.1, 0.15) is 64.7 Å². The van der Waals surface area contributed by atoms with Crippen LogP contribution >= 0.6 is 0 Å². The van der Waals surface area contributed by atoms with Crippen LogP contribution in [0.4, 0.5) is 0 Å². The van der Waals surface area contributed by atoms with Gasteiger partial charge in [-0.3, -0.25) is 14.4 Å². The van der Waals surface area contributed by atoms with E-state index in [-0.39, 0.29) is 73.8 Å². The van der Waals surface area contributed by atoms with Crippen molar-refractivity contribution < 1.29 is 42.8 Å². The maximum Gasteiger partial charge on any atom is 0.309 e. The minimum Gasteiger partial charge on any atom is -0.465 e. The van der Waals surface area contributed by atoms with Crippen LogP contribution in [0.25, 0.3) is 0 Å². The zero-order chi connectivity index (χ0) is 24.2. The highest BCUT2D eigenvalue weighted by Gasteiger charge is 2.49. The SMILES string of the molecule is CC(COC(=O)C1CCC2OC2C1)(COC(=O)C1CCC2OC2C1)COC(=O)C1CCC2OC2C1. The molecule has 0 aromatic rings. The van der Waals surface area contributed by atoms with Crippen LogP contribution in [0, 0.1) is 23.2 Å². The van der Waals surface area contributed by atoms with E-state index in [9.17, 15) is 14.4 Å². The second-order valence-electron chi connectivity index (χ2n) is 11.8. The normalized spacial score (nSPS) is 42.3. The summed E-state index contributed by atoms with van der Waals surface area (Å²) in [6.07, 6.45) is 8.54. The van der Waals surface area contributed by atoms with Crippen LogP contribution in [0.3, 0.4) is 0 Å². The van der Waals surface area contributed by atoms with Crippen molar-refractivity contribution in [1.29, 1.82) is 0 Å². The van der Waals surface area contributed by atoms with Crippen LogP contribution in [-0.2, 0) is 42.8 Å². The van der Waals surface area contributed by atoms with Crippen molar-refractivity contribution in [3.05, 3.63) is 0 Å². The zero-order valence-corrected chi connectivity index (χ0v) is 20.4. The molecule has 3 saturated carbocycles. The summed E-state index contributed by atoms with van der Waals surface area (Å²) in [7, 11) is 0. The fourth-order valence-electron chi connectivity index (χ4n) is 6.07. The summed E-state index contributed by atoms with van der Waals surface area (Å²) in [5, 5.41) is 0. The quantitative estimate of drug-likeness (QED) is 0.272. The van der Waals surface area contributed by atoms with Gasteiger partial charge in [-0.1, -0.05) is 0 Å². The molecule has 0 N–H and O–H groups in total. The molecule has 9 unspecified atom stereocenters. The molecule has 6 rings (SSSR count). The molecular weight excluding hydrogens is 456 g/mol. The van der Waals surface area contributed by atoms with Crippen LogP contribution in [0.5, 0.6) is 0 Å². The number of carbonyl (C=O) groups is 3. The first-order chi connectivity index (χ1) is 16.9. The largest absolute Gasteiger partial charge is 0.465 e. The molecule has 9 atom stereocenters. The highest BCUT2D eigenvalue weighted by atomic mass is 16.6. The summed E-state index contributed by atoms with van der Waals surface area (Å²) in [6, 6.07) is 0. The second kappa shape index (κ2) is 9.30. The van der Waals surface area contributed by atoms with Crippen molar-refractivity contribution in [2.75, 3.05) is 19.8 Å². The molecule has 0 aromatic carbocycles. The Balaban J connectivity index is 1.03. The van der Waals surface area contributed by atoms with Crippen LogP contribution in [-0.4, -0.2) is 74.4 Å². The highest BCUT2D eigenvalue weighted by molar-refractivity contribution is 5.74. The van der Waals surface area contributed by atoms with E-state index in [0.29, 0.717) is 37.6 Å². The van der Waals surface area contributed by atoms with Crippen LogP contribution in [0.2, 0.25) is 0 Å². The molecule has 35 heavy (non-hydrogen) atoms. The molecule has 0 spiro atoms. The van der Waals surface area contributed by atoms with Crippen molar-refractivity contribution in [2.45, 2.75) is 101 Å². The molecule has 3 aliphatic heterocycles. The van der Waals surface area contributed by atoms with E-state index in [4.69, 9.17) is 28.4 Å². The summed E-state index contributed by atoms with van der Waals surface area (Å²) < 4.78 is 33.7. The number of hydrogen-bond acceptors (Lipinski definition) is 9. The number of rotatable bonds is 9. The lowest BCUT2D eigenvalue weighted by atomic mass is 9.88. The molecule has 9 nitrogen and oxygen atoms in total. The number of carbonyl (C=O) groups excluding carboxylic acids is 3. The summed E-state index contributed by atoms with van der Waals surface area (Å²) in [5.74, 6) is -1.27. The van der Waals surface area contributed by atoms with Crippen molar-refractivity contribution >= 4 is 17.9 Å². The topological polar surface area (TPSA) is 116 Å². The molecule has 0 amide bonds. The molecule has 194 valence electrons. The van der Waals surface area contributed by atoms with E-state index in [1.54, 1.807) is 0 Å². The molecule has 3 saturated heterocycles. The lowest BCUT2D eigenvalue weighted by Crippen LogP contribution is -2.39. The van der Waals surface area contributed by atoms with Crippen molar-refractivity contribution in [2.24, 2.45) is 23.2 Å². The number of esters is 3. The molecule has 0 radical (unpaired) electrons. The lowest BCUT2D eigenvalue weighted by Gasteiger charge is -2.30. The van der Waals surface area contributed by atoms with E-state index >= 15 is 0 Å². The molecule has 0 aromatic heterocycles. The Morgan fingerprint density at radius 3 is 1.17 bits per heavy atom. The lowest BCUT2D eigenvalue weighted by molar-refractivity contribution is -0.166. The van der Waals surface area contributed by atoms with Gasteiger partial charge in [0.2, 0.25) is 0 Å². The van der Waals surface area contributed by atoms with Crippen LogP contribution < -0.4 is 0 Å². The van der Waals surface area contributed by atoms with Crippen molar-refractivity contribution in [3.8, 4) is 0 Å². The highest BCUT2D eigenvalue weighted by Crippen LogP contribution is 2.42. The van der Waals surface area contributed by atoms with E-state index in [0.717, 1.165) is 38.5 Å². The molecule has 3 heterocycles. The maximum absolute atomic E-state index is 12.7. The number of hydrogen-bond donors (Lipinski definition) is 0. The van der Waals surface area contributed by atoms with Crippen LogP contribution in [0.15, 0.2) is 0 Å². The van der Waals surface area contributed by atoms with Gasteiger partial charge in [0.05, 0.1) is 59.8 Å². The molecule has 3 aliphatic carbocycles. The molecular formula is C26H36O9. The summed E-state index contributed by atoms with van der Waals surface area (Å²) in [4.78, 5) is 38.2. The zero-order valence-electron chi connectivity index (χ0n) is 20.4. The number of ether oxygens (including phenoxy) is 6. The van der Waals surface area contributed by atoms with Gasteiger partial charge in [0.25, 0.3) is 0 Å². The van der Waals surface area contributed by atoms with Crippen molar-refractivity contribution in [1.82, 2.24) is 0 Å². The Kier molecular flexibility index (Phi) is 6.29. The van der Waals surface area contributed by atoms with Gasteiger partial charge in [-0.2, -0.15) is 0 Å². The van der Waals surface area contributed by atoms with Gasteiger partial charge in [-0.15, -0.1) is 0 Å². The summed E-state index contributed by atoms with van der Waals surface area (Å²) >= 11 is 0. The number of fused-ring (bicyclic) bond motifs is 3. The predicted molar refractivity (Wildman–Crippen MR) is 119 cm³/mol. The first-order valence-electron chi connectivity index (χ1n) is 13.3. The third-order valence-corrected chi connectivity index (χ3v) is 8.70. The average molecular weight is 493 g/mol. The Hall–Kier alpha value is -1.71. The average Bonchev–Trinajstić information content (AvgIpc) is 3.75. The smallest absolute Gasteiger partial charge is 0.309 e. The Morgan fingerprint density at radius 1 is 0.571 bits per heavy atom. The van der Waals surface area contributed by atoms with E-state index in [2.05, 4.69) is 0 Å². The van der Waals surface area contributed by atoms with E-state index in [1.807, 2.05) is 6.92 Å². The van der Waals surface area contributed by atoms with Gasteiger partial charge in [0, 0.05) is 0 Å². The van der Waals surface area contributed by atoms with Gasteiger partial charge in [0.15, 0.2) is 0 Å². The summed E-state index contributed by atoms with van der Waals surface area (Å²) in [6.45, 7) is 1.90. The first kappa shape index (κ1) is 23.7. The predicted octanol–water partition coefficient (Wildman–Crippen LogP) is 2.32. The Bertz CT molecular complexity index is 750. The Morgan fingerprint density at radius 2 is 0.886 bits per heavy atom. The third-order valence-electron chi connectivity index (χ3n) is 8.70.